The van der Waals surface area contributed by atoms with E-state index in [-0.39, 0.29) is 0 Å². The highest BCUT2D eigenvalue weighted by molar-refractivity contribution is 9.10. The second kappa shape index (κ2) is 3.09. The largest absolute Gasteiger partial charge is 0.377 e. The lowest BCUT2D eigenvalue weighted by Crippen LogP contribution is -2.46. The van der Waals surface area contributed by atoms with Gasteiger partial charge in [-0.25, -0.2) is 0 Å². The summed E-state index contributed by atoms with van der Waals surface area (Å²) >= 11 is 3.30. The van der Waals surface area contributed by atoms with Crippen molar-refractivity contribution >= 4 is 15.9 Å². The van der Waals surface area contributed by atoms with Crippen molar-refractivity contribution in [2.24, 2.45) is 0 Å². The van der Waals surface area contributed by atoms with Gasteiger partial charge in [0.15, 0.2) is 0 Å². The average Bonchev–Trinajstić information content (AvgIpc) is 2.07. The maximum Gasteiger partial charge on any atom is 0.145 e. The molecule has 0 amide bonds. The number of hydrogen-bond acceptors (Lipinski definition) is 3. The summed E-state index contributed by atoms with van der Waals surface area (Å²) in [4.78, 5) is 4.19. The van der Waals surface area contributed by atoms with E-state index in [1.165, 1.54) is 0 Å². The molecule has 0 aliphatic carbocycles. The molecule has 0 spiro atoms. The Balaban J connectivity index is 2.35. The van der Waals surface area contributed by atoms with E-state index in [9.17, 15) is 0 Å². The number of pyridine rings is 1. The summed E-state index contributed by atoms with van der Waals surface area (Å²) in [7, 11) is 0. The predicted octanol–water partition coefficient (Wildman–Crippen LogP) is 1.64. The van der Waals surface area contributed by atoms with Gasteiger partial charge >= 0.3 is 0 Å². The number of ether oxygens (including phenoxy) is 1. The van der Waals surface area contributed by atoms with E-state index >= 15 is 0 Å². The minimum Gasteiger partial charge on any atom is -0.377 e. The first-order chi connectivity index (χ1) is 6.27. The zero-order chi connectivity index (χ0) is 9.31. The molecule has 0 atom stereocenters. The lowest BCUT2D eigenvalue weighted by atomic mass is 9.84. The van der Waals surface area contributed by atoms with E-state index < -0.39 is 5.41 Å². The summed E-state index contributed by atoms with van der Waals surface area (Å²) in [5.41, 5.74) is 0.296. The van der Waals surface area contributed by atoms with Gasteiger partial charge in [0.25, 0.3) is 0 Å². The molecule has 1 aromatic rings. The molecule has 66 valence electrons. The molecule has 0 unspecified atom stereocenters. The molecule has 1 aliphatic heterocycles. The molecule has 1 aliphatic rings. The summed E-state index contributed by atoms with van der Waals surface area (Å²) in [5.74, 6) is 0. The van der Waals surface area contributed by atoms with Crippen molar-refractivity contribution in [2.45, 2.75) is 5.41 Å². The molecule has 1 fully saturated rings. The molecule has 0 radical (unpaired) electrons. The Morgan fingerprint density at radius 3 is 2.69 bits per heavy atom. The van der Waals surface area contributed by atoms with Crippen LogP contribution in [0.25, 0.3) is 0 Å². The monoisotopic (exact) mass is 238 g/mol. The maximum absolute atomic E-state index is 8.98. The molecule has 2 rings (SSSR count). The summed E-state index contributed by atoms with van der Waals surface area (Å²) in [6.45, 7) is 0.913. The highest BCUT2D eigenvalue weighted by Gasteiger charge is 2.42. The summed E-state index contributed by atoms with van der Waals surface area (Å²) in [5, 5.41) is 8.98. The number of halogens is 1. The number of nitriles is 1. The van der Waals surface area contributed by atoms with Crippen molar-refractivity contribution in [3.8, 4) is 6.07 Å². The summed E-state index contributed by atoms with van der Waals surface area (Å²) in [6, 6.07) is 5.99. The van der Waals surface area contributed by atoms with Crippen molar-refractivity contribution in [2.75, 3.05) is 13.2 Å². The van der Waals surface area contributed by atoms with Crippen LogP contribution >= 0.6 is 15.9 Å². The van der Waals surface area contributed by atoms with Crippen LogP contribution in [-0.4, -0.2) is 18.2 Å². The van der Waals surface area contributed by atoms with Crippen LogP contribution in [0.15, 0.2) is 22.8 Å². The molecule has 3 nitrogen and oxygen atoms in total. The highest BCUT2D eigenvalue weighted by Crippen LogP contribution is 2.30. The van der Waals surface area contributed by atoms with Crippen LogP contribution in [0.2, 0.25) is 0 Å². The zero-order valence-corrected chi connectivity index (χ0v) is 8.41. The molecular formula is C9H7BrN2O. The minimum atomic E-state index is -0.499. The van der Waals surface area contributed by atoms with E-state index in [1.807, 2.05) is 12.1 Å². The molecule has 1 aromatic heterocycles. The smallest absolute Gasteiger partial charge is 0.145 e. The fourth-order valence-electron chi connectivity index (χ4n) is 1.23. The Morgan fingerprint density at radius 1 is 1.54 bits per heavy atom. The molecule has 1 saturated heterocycles. The maximum atomic E-state index is 8.98. The number of hydrogen-bond donors (Lipinski definition) is 0. The Hall–Kier alpha value is -0.920. The molecule has 0 N–H and O–H groups in total. The normalized spacial score (nSPS) is 18.8. The van der Waals surface area contributed by atoms with Crippen molar-refractivity contribution in [3.63, 3.8) is 0 Å². The van der Waals surface area contributed by atoms with Gasteiger partial charge in [-0.05, 0) is 28.1 Å². The molecule has 0 bridgehead atoms. The second-order valence-corrected chi connectivity index (χ2v) is 3.96. The van der Waals surface area contributed by atoms with E-state index in [0.717, 1.165) is 10.2 Å². The molecule has 2 heterocycles. The third kappa shape index (κ3) is 1.34. The number of rotatable bonds is 1. The van der Waals surface area contributed by atoms with Crippen LogP contribution in [0.4, 0.5) is 0 Å². The van der Waals surface area contributed by atoms with Crippen molar-refractivity contribution in [3.05, 3.63) is 28.5 Å². The van der Waals surface area contributed by atoms with Gasteiger partial charge in [0.05, 0.1) is 25.0 Å². The van der Waals surface area contributed by atoms with Crippen molar-refractivity contribution < 1.29 is 4.74 Å². The van der Waals surface area contributed by atoms with Crippen molar-refractivity contribution in [1.29, 1.82) is 5.26 Å². The van der Waals surface area contributed by atoms with E-state index in [2.05, 4.69) is 27.0 Å². The van der Waals surface area contributed by atoms with Crippen LogP contribution in [0.1, 0.15) is 5.69 Å². The standard InChI is InChI=1S/C9H7BrN2O/c10-7-1-2-8(12-3-7)9(4-11)5-13-6-9/h1-3H,5-6H2. The quantitative estimate of drug-likeness (QED) is 0.748. The SMILES string of the molecule is N#CC1(c2ccc(Br)cn2)COC1. The van der Waals surface area contributed by atoms with Gasteiger partial charge in [-0.2, -0.15) is 5.26 Å². The van der Waals surface area contributed by atoms with E-state index in [1.54, 1.807) is 6.20 Å². The summed E-state index contributed by atoms with van der Waals surface area (Å²) < 4.78 is 5.96. The third-order valence-corrected chi connectivity index (χ3v) is 2.60. The fraction of sp³-hybridized carbons (Fsp3) is 0.333. The first kappa shape index (κ1) is 8.67. The Bertz CT molecular complexity index is 351. The van der Waals surface area contributed by atoms with Gasteiger partial charge in [-0.1, -0.05) is 0 Å². The minimum absolute atomic E-state index is 0.456. The van der Waals surface area contributed by atoms with Gasteiger partial charge in [-0.3, -0.25) is 4.98 Å². The highest BCUT2D eigenvalue weighted by atomic mass is 79.9. The van der Waals surface area contributed by atoms with E-state index in [0.29, 0.717) is 13.2 Å². The van der Waals surface area contributed by atoms with Crippen molar-refractivity contribution in [1.82, 2.24) is 4.98 Å². The molecule has 0 saturated carbocycles. The van der Waals surface area contributed by atoms with Crippen LogP contribution in [0, 0.1) is 11.3 Å². The van der Waals surface area contributed by atoms with Crippen LogP contribution in [0.5, 0.6) is 0 Å². The second-order valence-electron chi connectivity index (χ2n) is 3.05. The first-order valence-electron chi connectivity index (χ1n) is 3.88. The van der Waals surface area contributed by atoms with Gasteiger partial charge in [-0.15, -0.1) is 0 Å². The molecule has 13 heavy (non-hydrogen) atoms. The molecule has 4 heteroatoms. The Kier molecular flexibility index (Phi) is 2.06. The lowest BCUT2D eigenvalue weighted by Gasteiger charge is -2.34. The van der Waals surface area contributed by atoms with Gasteiger partial charge in [0, 0.05) is 10.7 Å². The van der Waals surface area contributed by atoms with Gasteiger partial charge in [0.2, 0.25) is 0 Å². The molecular weight excluding hydrogens is 232 g/mol. The van der Waals surface area contributed by atoms with Gasteiger partial charge in [0.1, 0.15) is 5.41 Å². The van der Waals surface area contributed by atoms with Crippen LogP contribution < -0.4 is 0 Å². The Labute approximate surface area is 84.5 Å². The molecule has 0 aromatic carbocycles. The van der Waals surface area contributed by atoms with E-state index in [4.69, 9.17) is 10.00 Å². The van der Waals surface area contributed by atoms with Crippen LogP contribution in [0.3, 0.4) is 0 Å². The predicted molar refractivity (Wildman–Crippen MR) is 50.0 cm³/mol. The third-order valence-electron chi connectivity index (χ3n) is 2.13. The fourth-order valence-corrected chi connectivity index (χ4v) is 1.47. The summed E-state index contributed by atoms with van der Waals surface area (Å²) in [6.07, 6.45) is 1.70. The zero-order valence-electron chi connectivity index (χ0n) is 6.83. The number of nitrogens with zero attached hydrogens (tertiary/aromatic N) is 2. The topological polar surface area (TPSA) is 45.9 Å². The van der Waals surface area contributed by atoms with Crippen LogP contribution in [-0.2, 0) is 10.2 Å². The number of aromatic nitrogens is 1. The average molecular weight is 239 g/mol. The Morgan fingerprint density at radius 2 is 2.31 bits per heavy atom. The van der Waals surface area contributed by atoms with Gasteiger partial charge < -0.3 is 4.74 Å². The lowest BCUT2D eigenvalue weighted by molar-refractivity contribution is -0.0317. The first-order valence-corrected chi connectivity index (χ1v) is 4.67.